The number of unbranched alkanes of at least 4 members (excludes halogenated alkanes) is 1. The molecule has 24 heavy (non-hydrogen) atoms. The minimum Gasteiger partial charge on any atom is -0.464 e. The van der Waals surface area contributed by atoms with Crippen LogP contribution in [0.3, 0.4) is 0 Å². The first-order valence-electron chi connectivity index (χ1n) is 8.67. The third-order valence-electron chi connectivity index (χ3n) is 4.39. The molecule has 2 aromatic rings. The van der Waals surface area contributed by atoms with Crippen molar-refractivity contribution in [2.75, 3.05) is 20.6 Å². The number of rotatable bonds is 7. The number of aryl methyl sites for hydroxylation is 1. The van der Waals surface area contributed by atoms with Gasteiger partial charge in [0.05, 0.1) is 6.54 Å². The van der Waals surface area contributed by atoms with Gasteiger partial charge in [-0.15, -0.1) is 11.3 Å². The van der Waals surface area contributed by atoms with Crippen molar-refractivity contribution in [3.63, 3.8) is 0 Å². The van der Waals surface area contributed by atoms with Crippen LogP contribution in [0.1, 0.15) is 41.2 Å². The van der Waals surface area contributed by atoms with Crippen molar-refractivity contribution in [2.45, 2.75) is 45.2 Å². The van der Waals surface area contributed by atoms with E-state index in [0.29, 0.717) is 13.0 Å². The van der Waals surface area contributed by atoms with Crippen LogP contribution in [0.4, 0.5) is 0 Å². The molecule has 0 aliphatic carbocycles. The zero-order valence-electron chi connectivity index (χ0n) is 14.6. The predicted octanol–water partition coefficient (Wildman–Crippen LogP) is 3.70. The summed E-state index contributed by atoms with van der Waals surface area (Å²) in [7, 11) is 4.07. The first kappa shape index (κ1) is 17.2. The molecule has 5 heteroatoms. The molecule has 2 aromatic heterocycles. The molecule has 0 atom stereocenters. The molecule has 0 saturated heterocycles. The first-order valence-corrected chi connectivity index (χ1v) is 9.55. The summed E-state index contributed by atoms with van der Waals surface area (Å²) in [6, 6.07) is 6.38. The topological polar surface area (TPSA) is 36.7 Å². The Morgan fingerprint density at radius 1 is 1.38 bits per heavy atom. The molecule has 0 radical (unpaired) electrons. The Hall–Kier alpha value is -1.59. The third kappa shape index (κ3) is 4.48. The van der Waals surface area contributed by atoms with Crippen LogP contribution in [0.2, 0.25) is 0 Å². The lowest BCUT2D eigenvalue weighted by Gasteiger charge is -2.26. The van der Waals surface area contributed by atoms with Gasteiger partial charge in [-0.25, -0.2) is 0 Å². The van der Waals surface area contributed by atoms with Crippen LogP contribution < -0.4 is 0 Å². The molecule has 0 N–H and O–H groups in total. The van der Waals surface area contributed by atoms with Crippen molar-refractivity contribution in [1.29, 1.82) is 0 Å². The van der Waals surface area contributed by atoms with Crippen LogP contribution in [0.25, 0.3) is 0 Å². The molecular formula is C19H26N2O2S. The largest absolute Gasteiger partial charge is 0.464 e. The lowest BCUT2D eigenvalue weighted by molar-refractivity contribution is -0.132. The molecule has 0 fully saturated rings. The Kier molecular flexibility index (Phi) is 5.74. The molecule has 0 saturated carbocycles. The van der Waals surface area contributed by atoms with Crippen LogP contribution in [0, 0.1) is 0 Å². The molecule has 3 rings (SSSR count). The van der Waals surface area contributed by atoms with Gasteiger partial charge in [0.25, 0.3) is 0 Å². The SMILES string of the molecule is CN(C)Cc1cc2c(o1)CCN(C(=O)CCCCc1cccs1)C2. The van der Waals surface area contributed by atoms with Gasteiger partial charge in [0.1, 0.15) is 11.5 Å². The number of nitrogens with zero attached hydrogens (tertiary/aromatic N) is 2. The Morgan fingerprint density at radius 2 is 2.25 bits per heavy atom. The monoisotopic (exact) mass is 346 g/mol. The molecule has 130 valence electrons. The molecule has 1 amide bonds. The molecule has 0 unspecified atom stereocenters. The van der Waals surface area contributed by atoms with Gasteiger partial charge >= 0.3 is 0 Å². The fraction of sp³-hybridized carbons (Fsp3) is 0.526. The fourth-order valence-electron chi connectivity index (χ4n) is 3.19. The Morgan fingerprint density at radius 3 is 3.00 bits per heavy atom. The molecule has 0 bridgehead atoms. The smallest absolute Gasteiger partial charge is 0.222 e. The van der Waals surface area contributed by atoms with Gasteiger partial charge < -0.3 is 14.2 Å². The number of fused-ring (bicyclic) bond motifs is 1. The molecule has 0 aromatic carbocycles. The summed E-state index contributed by atoms with van der Waals surface area (Å²) in [5.74, 6) is 2.34. The lowest BCUT2D eigenvalue weighted by atomic mass is 10.1. The van der Waals surface area contributed by atoms with Crippen molar-refractivity contribution in [2.24, 2.45) is 0 Å². The Balaban J connectivity index is 1.45. The van der Waals surface area contributed by atoms with E-state index in [1.807, 2.05) is 19.0 Å². The maximum Gasteiger partial charge on any atom is 0.222 e. The Bertz CT molecular complexity index is 661. The van der Waals surface area contributed by atoms with Crippen LogP contribution >= 0.6 is 11.3 Å². The number of hydrogen-bond donors (Lipinski definition) is 0. The standard InChI is InChI=1S/C19H26N2O2S/c1-20(2)14-16-12-15-13-21(10-9-18(15)23-16)19(22)8-4-3-6-17-7-5-11-24-17/h5,7,11-12H,3-4,6,8-10,13-14H2,1-2H3. The minimum absolute atomic E-state index is 0.280. The van der Waals surface area contributed by atoms with Gasteiger partial charge in [-0.1, -0.05) is 6.07 Å². The molecule has 4 nitrogen and oxygen atoms in total. The summed E-state index contributed by atoms with van der Waals surface area (Å²) in [4.78, 5) is 17.9. The minimum atomic E-state index is 0.280. The average Bonchev–Trinajstić information content (AvgIpc) is 3.18. The summed E-state index contributed by atoms with van der Waals surface area (Å²) >= 11 is 1.80. The second-order valence-corrected chi connectivity index (χ2v) is 7.78. The number of carbonyl (C=O) groups excluding carboxylic acids is 1. The third-order valence-corrected chi connectivity index (χ3v) is 5.32. The molecule has 1 aliphatic rings. The van der Waals surface area contributed by atoms with Gasteiger partial charge in [-0.3, -0.25) is 4.79 Å². The number of carbonyl (C=O) groups is 1. The van der Waals surface area contributed by atoms with Crippen LogP contribution in [0.15, 0.2) is 28.0 Å². The van der Waals surface area contributed by atoms with E-state index in [1.54, 1.807) is 11.3 Å². The first-order chi connectivity index (χ1) is 11.6. The van der Waals surface area contributed by atoms with E-state index in [2.05, 4.69) is 28.5 Å². The summed E-state index contributed by atoms with van der Waals surface area (Å²) < 4.78 is 5.91. The fourth-order valence-corrected chi connectivity index (χ4v) is 3.94. The predicted molar refractivity (Wildman–Crippen MR) is 97.1 cm³/mol. The highest BCUT2D eigenvalue weighted by Gasteiger charge is 2.23. The number of hydrogen-bond acceptors (Lipinski definition) is 4. The summed E-state index contributed by atoms with van der Waals surface area (Å²) in [6.45, 7) is 2.30. The van der Waals surface area contributed by atoms with E-state index in [-0.39, 0.29) is 5.91 Å². The van der Waals surface area contributed by atoms with E-state index in [0.717, 1.165) is 50.3 Å². The lowest BCUT2D eigenvalue weighted by Crippen LogP contribution is -2.35. The molecular weight excluding hydrogens is 320 g/mol. The molecule has 3 heterocycles. The van der Waals surface area contributed by atoms with Gasteiger partial charge in [0.2, 0.25) is 5.91 Å². The van der Waals surface area contributed by atoms with E-state index in [1.165, 1.54) is 10.4 Å². The van der Waals surface area contributed by atoms with Crippen molar-refractivity contribution >= 4 is 17.2 Å². The number of furan rings is 1. The van der Waals surface area contributed by atoms with Crippen molar-refractivity contribution in [3.05, 3.63) is 45.5 Å². The normalized spacial score (nSPS) is 14.2. The van der Waals surface area contributed by atoms with Crippen LogP contribution in [-0.4, -0.2) is 36.3 Å². The van der Waals surface area contributed by atoms with Crippen LogP contribution in [0.5, 0.6) is 0 Å². The van der Waals surface area contributed by atoms with Gasteiger partial charge in [-0.05, 0) is 50.9 Å². The Labute approximate surface area is 148 Å². The zero-order chi connectivity index (χ0) is 16.9. The second-order valence-electron chi connectivity index (χ2n) is 6.75. The van der Waals surface area contributed by atoms with Crippen LogP contribution in [-0.2, 0) is 30.7 Å². The van der Waals surface area contributed by atoms with Gasteiger partial charge in [-0.2, -0.15) is 0 Å². The highest BCUT2D eigenvalue weighted by molar-refractivity contribution is 7.09. The number of thiophene rings is 1. The van der Waals surface area contributed by atoms with Gasteiger partial charge in [0.15, 0.2) is 0 Å². The van der Waals surface area contributed by atoms with Crippen molar-refractivity contribution in [3.8, 4) is 0 Å². The van der Waals surface area contributed by atoms with Crippen molar-refractivity contribution in [1.82, 2.24) is 9.80 Å². The second kappa shape index (κ2) is 7.99. The van der Waals surface area contributed by atoms with E-state index in [4.69, 9.17) is 4.42 Å². The number of amides is 1. The summed E-state index contributed by atoms with van der Waals surface area (Å²) in [5, 5.41) is 2.11. The summed E-state index contributed by atoms with van der Waals surface area (Å²) in [5.41, 5.74) is 1.19. The van der Waals surface area contributed by atoms with Crippen molar-refractivity contribution < 1.29 is 9.21 Å². The quantitative estimate of drug-likeness (QED) is 0.717. The highest BCUT2D eigenvalue weighted by atomic mass is 32.1. The van der Waals surface area contributed by atoms with E-state index in [9.17, 15) is 4.79 Å². The van der Waals surface area contributed by atoms with Gasteiger partial charge in [0, 0.05) is 36.4 Å². The summed E-state index contributed by atoms with van der Waals surface area (Å²) in [6.07, 6.45) is 4.64. The van der Waals surface area contributed by atoms with E-state index < -0.39 is 0 Å². The molecule has 0 spiro atoms. The van der Waals surface area contributed by atoms with E-state index >= 15 is 0 Å². The maximum atomic E-state index is 12.4. The average molecular weight is 346 g/mol. The highest BCUT2D eigenvalue weighted by Crippen LogP contribution is 2.24. The maximum absolute atomic E-state index is 12.4. The molecule has 1 aliphatic heterocycles. The zero-order valence-corrected chi connectivity index (χ0v) is 15.4.